The van der Waals surface area contributed by atoms with Crippen molar-refractivity contribution >= 4 is 23.3 Å². The van der Waals surface area contributed by atoms with E-state index in [1.165, 1.54) is 6.20 Å². The molecule has 1 aromatic heterocycles. The predicted molar refractivity (Wildman–Crippen MR) is 88.0 cm³/mol. The summed E-state index contributed by atoms with van der Waals surface area (Å²) < 4.78 is 0. The molecule has 0 spiro atoms. The Balaban J connectivity index is 1.93. The van der Waals surface area contributed by atoms with Crippen molar-refractivity contribution in [2.45, 2.75) is 32.9 Å². The third-order valence-corrected chi connectivity index (χ3v) is 3.01. The number of carbonyl (C=O) groups is 1. The topological polar surface area (TPSA) is 66.9 Å². The number of carbonyl (C=O) groups excluding carboxylic acids is 1. The molecule has 1 amide bonds. The average molecular weight is 319 g/mol. The van der Waals surface area contributed by atoms with Crippen LogP contribution < -0.4 is 10.6 Å². The number of amides is 1. The van der Waals surface area contributed by atoms with Crippen LogP contribution in [0, 0.1) is 0 Å². The number of hydrogen-bond donors (Lipinski definition) is 2. The van der Waals surface area contributed by atoms with E-state index in [9.17, 15) is 4.79 Å². The van der Waals surface area contributed by atoms with Crippen LogP contribution >= 0.6 is 11.6 Å². The highest BCUT2D eigenvalue weighted by molar-refractivity contribution is 6.30. The summed E-state index contributed by atoms with van der Waals surface area (Å²) in [5.74, 6) is 0.381. The lowest BCUT2D eigenvalue weighted by Crippen LogP contribution is -2.27. The van der Waals surface area contributed by atoms with Crippen molar-refractivity contribution in [1.82, 2.24) is 15.3 Å². The average Bonchev–Trinajstić information content (AvgIpc) is 2.45. The smallest absolute Gasteiger partial charge is 0.271 e. The lowest BCUT2D eigenvalue weighted by Gasteiger charge is -2.20. The van der Waals surface area contributed by atoms with Gasteiger partial charge in [0.15, 0.2) is 0 Å². The Morgan fingerprint density at radius 1 is 1.14 bits per heavy atom. The Labute approximate surface area is 135 Å². The van der Waals surface area contributed by atoms with E-state index in [1.807, 2.05) is 32.9 Å². The first kappa shape index (κ1) is 16.2. The standard InChI is InChI=1S/C16H19ClN4O/c1-16(2,3)21-14-10-18-13(9-19-14)15(22)20-8-11-4-6-12(17)7-5-11/h4-7,9-10H,8H2,1-3H3,(H,19,21)(H,20,22). The van der Waals surface area contributed by atoms with Crippen molar-refractivity contribution < 1.29 is 4.79 Å². The van der Waals surface area contributed by atoms with Crippen LogP contribution in [0.15, 0.2) is 36.7 Å². The number of rotatable bonds is 4. The molecule has 6 heteroatoms. The van der Waals surface area contributed by atoms with E-state index in [0.717, 1.165) is 5.56 Å². The van der Waals surface area contributed by atoms with Crippen LogP contribution in [-0.4, -0.2) is 21.4 Å². The summed E-state index contributed by atoms with van der Waals surface area (Å²) in [7, 11) is 0. The number of halogens is 1. The Hall–Kier alpha value is -2.14. The zero-order valence-electron chi connectivity index (χ0n) is 12.9. The second kappa shape index (κ2) is 6.75. The summed E-state index contributed by atoms with van der Waals surface area (Å²) in [6.07, 6.45) is 3.02. The van der Waals surface area contributed by atoms with Crippen LogP contribution in [0.25, 0.3) is 0 Å². The van der Waals surface area contributed by atoms with E-state index in [2.05, 4.69) is 20.6 Å². The van der Waals surface area contributed by atoms with Crippen LogP contribution in [0.1, 0.15) is 36.8 Å². The van der Waals surface area contributed by atoms with E-state index in [4.69, 9.17) is 11.6 Å². The predicted octanol–water partition coefficient (Wildman–Crippen LogP) is 3.27. The first-order valence-corrected chi connectivity index (χ1v) is 7.34. The summed E-state index contributed by atoms with van der Waals surface area (Å²) >= 11 is 5.82. The van der Waals surface area contributed by atoms with Gasteiger partial charge in [-0.2, -0.15) is 0 Å². The van der Waals surface area contributed by atoms with Crippen molar-refractivity contribution in [3.05, 3.63) is 52.9 Å². The molecule has 2 N–H and O–H groups in total. The summed E-state index contributed by atoms with van der Waals surface area (Å²) in [5.41, 5.74) is 1.15. The maximum atomic E-state index is 12.0. The highest BCUT2D eigenvalue weighted by Gasteiger charge is 2.12. The minimum atomic E-state index is -0.259. The lowest BCUT2D eigenvalue weighted by molar-refractivity contribution is 0.0945. The molecule has 0 atom stereocenters. The van der Waals surface area contributed by atoms with E-state index in [1.54, 1.807) is 18.3 Å². The number of nitrogens with one attached hydrogen (secondary N) is 2. The van der Waals surface area contributed by atoms with Gasteiger partial charge in [-0.25, -0.2) is 9.97 Å². The number of benzene rings is 1. The van der Waals surface area contributed by atoms with E-state index in [-0.39, 0.29) is 17.1 Å². The van der Waals surface area contributed by atoms with E-state index in [0.29, 0.717) is 17.4 Å². The van der Waals surface area contributed by atoms with Crippen molar-refractivity contribution in [2.75, 3.05) is 5.32 Å². The van der Waals surface area contributed by atoms with Crippen molar-refractivity contribution in [3.63, 3.8) is 0 Å². The highest BCUT2D eigenvalue weighted by atomic mass is 35.5. The number of hydrogen-bond acceptors (Lipinski definition) is 4. The molecule has 0 bridgehead atoms. The molecule has 2 aromatic rings. The summed E-state index contributed by atoms with van der Waals surface area (Å²) in [5, 5.41) is 6.66. The number of aromatic nitrogens is 2. The van der Waals surface area contributed by atoms with Gasteiger partial charge in [-0.1, -0.05) is 23.7 Å². The fraction of sp³-hybridized carbons (Fsp3) is 0.312. The summed E-state index contributed by atoms with van der Waals surface area (Å²) in [6.45, 7) is 6.50. The molecule has 22 heavy (non-hydrogen) atoms. The molecule has 0 saturated heterocycles. The Bertz CT molecular complexity index is 633. The SMILES string of the molecule is CC(C)(C)Nc1cnc(C(=O)NCc2ccc(Cl)cc2)cn1. The normalized spacial score (nSPS) is 11.1. The number of nitrogens with zero attached hydrogens (tertiary/aromatic N) is 2. The van der Waals surface area contributed by atoms with Crippen molar-refractivity contribution in [2.24, 2.45) is 0 Å². The molecule has 0 fully saturated rings. The van der Waals surface area contributed by atoms with Gasteiger partial charge in [0, 0.05) is 17.1 Å². The Morgan fingerprint density at radius 2 is 1.82 bits per heavy atom. The van der Waals surface area contributed by atoms with Crippen LogP contribution in [0.5, 0.6) is 0 Å². The molecule has 0 aliphatic rings. The highest BCUT2D eigenvalue weighted by Crippen LogP contribution is 2.11. The summed E-state index contributed by atoms with van der Waals surface area (Å²) in [6, 6.07) is 7.31. The van der Waals surface area contributed by atoms with Gasteiger partial charge in [0.1, 0.15) is 11.5 Å². The number of anilines is 1. The molecule has 0 saturated carbocycles. The molecule has 0 aliphatic carbocycles. The summed E-state index contributed by atoms with van der Waals surface area (Å²) in [4.78, 5) is 20.4. The minimum absolute atomic E-state index is 0.104. The fourth-order valence-corrected chi connectivity index (χ4v) is 1.90. The zero-order chi connectivity index (χ0) is 16.2. The van der Waals surface area contributed by atoms with Gasteiger partial charge in [0.2, 0.25) is 0 Å². The van der Waals surface area contributed by atoms with Gasteiger partial charge in [0.05, 0.1) is 12.4 Å². The van der Waals surface area contributed by atoms with Gasteiger partial charge in [-0.05, 0) is 38.5 Å². The van der Waals surface area contributed by atoms with E-state index < -0.39 is 0 Å². The van der Waals surface area contributed by atoms with Gasteiger partial charge < -0.3 is 10.6 Å². The Kier molecular flexibility index (Phi) is 4.98. The molecule has 0 aliphatic heterocycles. The first-order valence-electron chi connectivity index (χ1n) is 6.96. The first-order chi connectivity index (χ1) is 10.3. The van der Waals surface area contributed by atoms with Crippen LogP contribution in [0.2, 0.25) is 5.02 Å². The van der Waals surface area contributed by atoms with Crippen molar-refractivity contribution in [1.29, 1.82) is 0 Å². The van der Waals surface area contributed by atoms with E-state index >= 15 is 0 Å². The zero-order valence-corrected chi connectivity index (χ0v) is 13.6. The fourth-order valence-electron chi connectivity index (χ4n) is 1.77. The monoisotopic (exact) mass is 318 g/mol. The van der Waals surface area contributed by atoms with Crippen LogP contribution in [0.4, 0.5) is 5.82 Å². The maximum Gasteiger partial charge on any atom is 0.271 e. The molecular formula is C16H19ClN4O. The van der Waals surface area contributed by atoms with Gasteiger partial charge in [-0.3, -0.25) is 4.79 Å². The molecule has 116 valence electrons. The lowest BCUT2D eigenvalue weighted by atomic mass is 10.1. The third-order valence-electron chi connectivity index (χ3n) is 2.75. The van der Waals surface area contributed by atoms with Crippen LogP contribution in [0.3, 0.4) is 0 Å². The quantitative estimate of drug-likeness (QED) is 0.908. The Morgan fingerprint density at radius 3 is 2.36 bits per heavy atom. The van der Waals surface area contributed by atoms with Gasteiger partial charge >= 0.3 is 0 Å². The molecule has 2 rings (SSSR count). The van der Waals surface area contributed by atoms with Crippen molar-refractivity contribution in [3.8, 4) is 0 Å². The minimum Gasteiger partial charge on any atom is -0.364 e. The largest absolute Gasteiger partial charge is 0.364 e. The molecule has 1 aromatic carbocycles. The molecule has 1 heterocycles. The van der Waals surface area contributed by atoms with Crippen LogP contribution in [-0.2, 0) is 6.54 Å². The maximum absolute atomic E-state index is 12.0. The molecule has 5 nitrogen and oxygen atoms in total. The second-order valence-corrected chi connectivity index (χ2v) is 6.41. The third kappa shape index (κ3) is 5.00. The van der Waals surface area contributed by atoms with Gasteiger partial charge in [-0.15, -0.1) is 0 Å². The molecule has 0 radical (unpaired) electrons. The molecular weight excluding hydrogens is 300 g/mol. The second-order valence-electron chi connectivity index (χ2n) is 5.97. The molecule has 0 unspecified atom stereocenters. The van der Waals surface area contributed by atoms with Gasteiger partial charge in [0.25, 0.3) is 5.91 Å².